The molecule has 0 radical (unpaired) electrons. The van der Waals surface area contributed by atoms with Crippen LogP contribution in [0.2, 0.25) is 0 Å². The molecule has 0 saturated carbocycles. The lowest BCUT2D eigenvalue weighted by Gasteiger charge is -2.15. The van der Waals surface area contributed by atoms with E-state index >= 15 is 0 Å². The number of hydrogen-bond acceptors (Lipinski definition) is 2. The zero-order chi connectivity index (χ0) is 13.2. The SMILES string of the molecule is CCCCCCCCC(Cc1ccc(Br)s1)NC. The van der Waals surface area contributed by atoms with E-state index in [2.05, 4.69) is 47.4 Å². The molecule has 18 heavy (non-hydrogen) atoms. The Balaban J connectivity index is 2.13. The number of thiophene rings is 1. The molecule has 0 aliphatic carbocycles. The summed E-state index contributed by atoms with van der Waals surface area (Å²) in [5, 5.41) is 3.45. The van der Waals surface area contributed by atoms with Crippen LogP contribution in [-0.4, -0.2) is 13.1 Å². The number of nitrogens with one attached hydrogen (secondary N) is 1. The van der Waals surface area contributed by atoms with E-state index in [4.69, 9.17) is 0 Å². The highest BCUT2D eigenvalue weighted by Gasteiger charge is 2.08. The monoisotopic (exact) mass is 331 g/mol. The van der Waals surface area contributed by atoms with Crippen molar-refractivity contribution in [3.05, 3.63) is 20.8 Å². The van der Waals surface area contributed by atoms with Crippen LogP contribution in [0.15, 0.2) is 15.9 Å². The molecule has 0 aliphatic rings. The molecule has 3 heteroatoms. The topological polar surface area (TPSA) is 12.0 Å². The molecule has 104 valence electrons. The van der Waals surface area contributed by atoms with Gasteiger partial charge in [-0.1, -0.05) is 45.4 Å². The zero-order valence-electron chi connectivity index (χ0n) is 11.7. The molecule has 1 nitrogen and oxygen atoms in total. The number of halogens is 1. The van der Waals surface area contributed by atoms with E-state index in [-0.39, 0.29) is 0 Å². The van der Waals surface area contributed by atoms with Gasteiger partial charge in [-0.3, -0.25) is 0 Å². The van der Waals surface area contributed by atoms with Crippen molar-refractivity contribution < 1.29 is 0 Å². The molecule has 0 spiro atoms. The molecule has 0 aliphatic heterocycles. The predicted molar refractivity (Wildman–Crippen MR) is 86.6 cm³/mol. The highest BCUT2D eigenvalue weighted by atomic mass is 79.9. The molecule has 1 heterocycles. The van der Waals surface area contributed by atoms with Gasteiger partial charge in [0, 0.05) is 10.9 Å². The number of likely N-dealkylation sites (N-methyl/N-ethyl adjacent to an activating group) is 1. The fraction of sp³-hybridized carbons (Fsp3) is 0.733. The van der Waals surface area contributed by atoms with Crippen LogP contribution >= 0.6 is 27.3 Å². The fourth-order valence-corrected chi connectivity index (χ4v) is 3.79. The molecule has 0 bridgehead atoms. The molecule has 0 saturated heterocycles. The second-order valence-corrected chi connectivity index (χ2v) is 7.50. The van der Waals surface area contributed by atoms with Gasteiger partial charge in [0.1, 0.15) is 0 Å². The highest BCUT2D eigenvalue weighted by molar-refractivity contribution is 9.11. The lowest BCUT2D eigenvalue weighted by Crippen LogP contribution is -2.27. The van der Waals surface area contributed by atoms with E-state index < -0.39 is 0 Å². The summed E-state index contributed by atoms with van der Waals surface area (Å²) >= 11 is 5.39. The van der Waals surface area contributed by atoms with Crippen molar-refractivity contribution in [3.8, 4) is 0 Å². The van der Waals surface area contributed by atoms with Gasteiger partial charge in [0.05, 0.1) is 3.79 Å². The van der Waals surface area contributed by atoms with Gasteiger partial charge in [0.15, 0.2) is 0 Å². The van der Waals surface area contributed by atoms with Crippen molar-refractivity contribution in [2.45, 2.75) is 64.3 Å². The third-order valence-corrected chi connectivity index (χ3v) is 5.04. The van der Waals surface area contributed by atoms with Crippen LogP contribution < -0.4 is 5.32 Å². The van der Waals surface area contributed by atoms with Crippen molar-refractivity contribution in [2.75, 3.05) is 7.05 Å². The minimum atomic E-state index is 0.640. The van der Waals surface area contributed by atoms with Crippen molar-refractivity contribution in [2.24, 2.45) is 0 Å². The van der Waals surface area contributed by atoms with Gasteiger partial charge in [-0.25, -0.2) is 0 Å². The summed E-state index contributed by atoms with van der Waals surface area (Å²) in [5.74, 6) is 0. The van der Waals surface area contributed by atoms with Crippen LogP contribution in [-0.2, 0) is 6.42 Å². The van der Waals surface area contributed by atoms with E-state index in [1.54, 1.807) is 0 Å². The average molecular weight is 332 g/mol. The third-order valence-electron chi connectivity index (χ3n) is 3.39. The zero-order valence-corrected chi connectivity index (χ0v) is 14.1. The minimum Gasteiger partial charge on any atom is -0.317 e. The molecule has 1 rings (SSSR count). The minimum absolute atomic E-state index is 0.640. The Morgan fingerprint density at radius 1 is 1.17 bits per heavy atom. The van der Waals surface area contributed by atoms with Crippen molar-refractivity contribution >= 4 is 27.3 Å². The Kier molecular flexibility index (Phi) is 8.99. The Hall–Kier alpha value is 0.140. The summed E-state index contributed by atoms with van der Waals surface area (Å²) in [6.07, 6.45) is 10.8. The Morgan fingerprint density at radius 2 is 1.89 bits per heavy atom. The van der Waals surface area contributed by atoms with Crippen LogP contribution in [0, 0.1) is 0 Å². The van der Waals surface area contributed by atoms with Gasteiger partial charge in [0.2, 0.25) is 0 Å². The first-order chi connectivity index (χ1) is 8.76. The van der Waals surface area contributed by atoms with Crippen LogP contribution in [0.4, 0.5) is 0 Å². The molecule has 1 N–H and O–H groups in total. The van der Waals surface area contributed by atoms with Crippen molar-refractivity contribution in [1.82, 2.24) is 5.32 Å². The van der Waals surface area contributed by atoms with Gasteiger partial charge in [-0.2, -0.15) is 0 Å². The number of unbranched alkanes of at least 4 members (excludes halogenated alkanes) is 5. The molecular weight excluding hydrogens is 306 g/mol. The van der Waals surface area contributed by atoms with Gasteiger partial charge < -0.3 is 5.32 Å². The van der Waals surface area contributed by atoms with E-state index in [0.29, 0.717) is 6.04 Å². The molecule has 1 unspecified atom stereocenters. The van der Waals surface area contributed by atoms with Crippen LogP contribution in [0.5, 0.6) is 0 Å². The van der Waals surface area contributed by atoms with Gasteiger partial charge in [0.25, 0.3) is 0 Å². The Labute approximate surface area is 125 Å². The third kappa shape index (κ3) is 6.91. The smallest absolute Gasteiger partial charge is 0.0701 e. The molecular formula is C15H26BrNS. The molecule has 1 aromatic rings. The average Bonchev–Trinajstić information content (AvgIpc) is 2.77. The first kappa shape index (κ1) is 16.2. The summed E-state index contributed by atoms with van der Waals surface area (Å²) in [6.45, 7) is 2.27. The molecule has 1 atom stereocenters. The lowest BCUT2D eigenvalue weighted by molar-refractivity contribution is 0.482. The van der Waals surface area contributed by atoms with E-state index in [0.717, 1.165) is 0 Å². The Morgan fingerprint density at radius 3 is 2.50 bits per heavy atom. The van der Waals surface area contributed by atoms with Crippen LogP contribution in [0.1, 0.15) is 56.7 Å². The quantitative estimate of drug-likeness (QED) is 0.566. The molecule has 0 fully saturated rings. The largest absolute Gasteiger partial charge is 0.317 e. The first-order valence-corrected chi connectivity index (χ1v) is 8.78. The summed E-state index contributed by atoms with van der Waals surface area (Å²) in [7, 11) is 2.09. The van der Waals surface area contributed by atoms with Crippen molar-refractivity contribution in [1.29, 1.82) is 0 Å². The lowest BCUT2D eigenvalue weighted by atomic mass is 10.0. The summed E-state index contributed by atoms with van der Waals surface area (Å²) in [6, 6.07) is 5.03. The maximum absolute atomic E-state index is 3.53. The fourth-order valence-electron chi connectivity index (χ4n) is 2.22. The van der Waals surface area contributed by atoms with Crippen LogP contribution in [0.25, 0.3) is 0 Å². The van der Waals surface area contributed by atoms with Crippen LogP contribution in [0.3, 0.4) is 0 Å². The first-order valence-electron chi connectivity index (χ1n) is 7.17. The second-order valence-electron chi connectivity index (χ2n) is 4.95. The van der Waals surface area contributed by atoms with Gasteiger partial charge in [-0.15, -0.1) is 11.3 Å². The molecule has 0 amide bonds. The summed E-state index contributed by atoms with van der Waals surface area (Å²) < 4.78 is 1.24. The van der Waals surface area contributed by atoms with E-state index in [9.17, 15) is 0 Å². The number of hydrogen-bond donors (Lipinski definition) is 1. The van der Waals surface area contributed by atoms with E-state index in [1.807, 2.05) is 11.3 Å². The second kappa shape index (κ2) is 9.99. The summed E-state index contributed by atoms with van der Waals surface area (Å²) in [4.78, 5) is 1.48. The highest BCUT2D eigenvalue weighted by Crippen LogP contribution is 2.24. The van der Waals surface area contributed by atoms with Crippen molar-refractivity contribution in [3.63, 3.8) is 0 Å². The summed E-state index contributed by atoms with van der Waals surface area (Å²) in [5.41, 5.74) is 0. The predicted octanol–water partition coefficient (Wildman–Crippen LogP) is 5.39. The maximum atomic E-state index is 3.53. The van der Waals surface area contributed by atoms with E-state index in [1.165, 1.54) is 60.0 Å². The normalized spacial score (nSPS) is 12.8. The molecule has 1 aromatic heterocycles. The van der Waals surface area contributed by atoms with Gasteiger partial charge in [-0.05, 0) is 48.0 Å². The standard InChI is InChI=1S/C15H26BrNS/c1-3-4-5-6-7-8-9-13(17-2)12-14-10-11-15(16)18-14/h10-11,13,17H,3-9,12H2,1-2H3. The number of rotatable bonds is 10. The van der Waals surface area contributed by atoms with Gasteiger partial charge >= 0.3 is 0 Å². The molecule has 0 aromatic carbocycles. The Bertz CT molecular complexity index is 311. The maximum Gasteiger partial charge on any atom is 0.0701 e.